The van der Waals surface area contributed by atoms with Gasteiger partial charge >= 0.3 is 6.18 Å². The molecule has 0 bridgehead atoms. The van der Waals surface area contributed by atoms with Gasteiger partial charge in [-0.05, 0) is 36.5 Å². The second-order valence-electron chi connectivity index (χ2n) is 3.57. The lowest BCUT2D eigenvalue weighted by atomic mass is 10.2. The molecule has 1 aromatic carbocycles. The minimum absolute atomic E-state index is 0.220. The Morgan fingerprint density at radius 2 is 2.10 bits per heavy atom. The molecule has 0 spiro atoms. The van der Waals surface area contributed by atoms with Crippen molar-refractivity contribution in [3.8, 4) is 0 Å². The highest BCUT2D eigenvalue weighted by Gasteiger charge is 2.33. The van der Waals surface area contributed by atoms with Crippen molar-refractivity contribution in [2.75, 3.05) is 11.9 Å². The van der Waals surface area contributed by atoms with Gasteiger partial charge < -0.3 is 5.32 Å². The zero-order valence-electron chi connectivity index (χ0n) is 10.1. The Morgan fingerprint density at radius 1 is 1.40 bits per heavy atom. The van der Waals surface area contributed by atoms with Gasteiger partial charge in [-0.25, -0.2) is 14.4 Å². The molecule has 0 amide bonds. The lowest BCUT2D eigenvalue weighted by Gasteiger charge is -2.12. The van der Waals surface area contributed by atoms with Crippen LogP contribution in [-0.2, 0) is 0 Å². The predicted octanol–water partition coefficient (Wildman–Crippen LogP) is 3.98. The van der Waals surface area contributed by atoms with Crippen molar-refractivity contribution in [3.63, 3.8) is 0 Å². The lowest BCUT2D eigenvalue weighted by molar-refractivity contribution is -0.0919. The van der Waals surface area contributed by atoms with E-state index in [1.807, 2.05) is 0 Å². The molecule has 20 heavy (non-hydrogen) atoms. The van der Waals surface area contributed by atoms with E-state index in [9.17, 15) is 17.6 Å². The largest absolute Gasteiger partial charge is 0.415 e. The minimum Gasteiger partial charge on any atom is -0.381 e. The number of anilines is 1. The SMILES string of the molecule is C=NC(Cl)=N/C=C(\CNc1cccc(F)c1)C(F)(F)F. The van der Waals surface area contributed by atoms with Crippen LogP contribution in [0.3, 0.4) is 0 Å². The third-order valence-corrected chi connectivity index (χ3v) is 2.35. The molecule has 8 heteroatoms. The van der Waals surface area contributed by atoms with Gasteiger partial charge in [0, 0.05) is 18.4 Å². The molecule has 0 saturated carbocycles. The standard InChI is InChI=1S/C12H10ClF4N3/c1-18-11(13)20-7-8(12(15,16)17)6-19-10-4-2-3-9(14)5-10/h2-5,7,19H,1,6H2/b8-7+,20-11?. The molecule has 1 aromatic rings. The van der Waals surface area contributed by atoms with Gasteiger partial charge in [0.2, 0.25) is 5.29 Å². The van der Waals surface area contributed by atoms with Gasteiger partial charge in [-0.1, -0.05) is 6.07 Å². The van der Waals surface area contributed by atoms with Crippen LogP contribution in [0.25, 0.3) is 0 Å². The topological polar surface area (TPSA) is 36.8 Å². The Labute approximate surface area is 117 Å². The first-order valence-corrected chi connectivity index (χ1v) is 5.66. The van der Waals surface area contributed by atoms with E-state index in [1.54, 1.807) is 0 Å². The second-order valence-corrected chi connectivity index (χ2v) is 3.91. The summed E-state index contributed by atoms with van der Waals surface area (Å²) in [6, 6.07) is 5.09. The van der Waals surface area contributed by atoms with Gasteiger partial charge in [0.25, 0.3) is 0 Å². The van der Waals surface area contributed by atoms with Crippen LogP contribution in [0.2, 0.25) is 0 Å². The van der Waals surface area contributed by atoms with Crippen molar-refractivity contribution >= 4 is 29.3 Å². The van der Waals surface area contributed by atoms with E-state index in [0.29, 0.717) is 6.20 Å². The second kappa shape index (κ2) is 7.04. The molecule has 0 aliphatic heterocycles. The number of hydrogen-bond donors (Lipinski definition) is 1. The molecule has 1 N–H and O–H groups in total. The molecule has 0 saturated heterocycles. The number of hydrogen-bond acceptors (Lipinski definition) is 2. The number of amidine groups is 1. The Morgan fingerprint density at radius 3 is 2.65 bits per heavy atom. The van der Waals surface area contributed by atoms with Crippen LogP contribution in [0.4, 0.5) is 23.2 Å². The fraction of sp³-hybridized carbons (Fsp3) is 0.167. The average Bonchev–Trinajstić information content (AvgIpc) is 2.36. The van der Waals surface area contributed by atoms with Crippen molar-refractivity contribution in [2.45, 2.75) is 6.18 Å². The Bertz CT molecular complexity index is 538. The fourth-order valence-electron chi connectivity index (χ4n) is 1.19. The van der Waals surface area contributed by atoms with E-state index in [-0.39, 0.29) is 5.69 Å². The third kappa shape index (κ3) is 5.40. The highest BCUT2D eigenvalue weighted by Crippen LogP contribution is 2.26. The van der Waals surface area contributed by atoms with Crippen LogP contribution in [0.15, 0.2) is 46.0 Å². The molecule has 0 radical (unpaired) electrons. The third-order valence-electron chi connectivity index (χ3n) is 2.13. The number of alkyl halides is 3. The molecule has 0 aromatic heterocycles. The van der Waals surface area contributed by atoms with Crippen molar-refractivity contribution < 1.29 is 17.6 Å². The van der Waals surface area contributed by atoms with Crippen LogP contribution >= 0.6 is 11.6 Å². The molecule has 108 valence electrons. The smallest absolute Gasteiger partial charge is 0.381 e. The number of nitrogens with zero attached hydrogens (tertiary/aromatic N) is 2. The summed E-state index contributed by atoms with van der Waals surface area (Å²) in [7, 11) is 0. The van der Waals surface area contributed by atoms with Crippen molar-refractivity contribution in [2.24, 2.45) is 9.98 Å². The van der Waals surface area contributed by atoms with Crippen LogP contribution in [0.5, 0.6) is 0 Å². The number of nitrogens with one attached hydrogen (secondary N) is 1. The molecule has 0 fully saturated rings. The first-order chi connectivity index (χ1) is 9.32. The number of rotatable bonds is 4. The lowest BCUT2D eigenvalue weighted by Crippen LogP contribution is -2.19. The summed E-state index contributed by atoms with van der Waals surface area (Å²) < 4.78 is 51.0. The molecular weight excluding hydrogens is 298 g/mol. The monoisotopic (exact) mass is 307 g/mol. The van der Waals surface area contributed by atoms with E-state index in [0.717, 1.165) is 6.07 Å². The number of aliphatic imine (C=N–C) groups is 2. The molecule has 0 atom stereocenters. The number of halogens is 5. The fourth-order valence-corrected chi connectivity index (χ4v) is 1.24. The summed E-state index contributed by atoms with van der Waals surface area (Å²) in [5, 5.41) is 2.04. The Kier molecular flexibility index (Phi) is 5.69. The zero-order chi connectivity index (χ0) is 15.2. The average molecular weight is 308 g/mol. The maximum Gasteiger partial charge on any atom is 0.415 e. The first kappa shape index (κ1) is 16.2. The maximum atomic E-state index is 12.9. The van der Waals surface area contributed by atoms with Gasteiger partial charge in [-0.15, -0.1) is 0 Å². The summed E-state index contributed by atoms with van der Waals surface area (Å²) in [5.74, 6) is -0.551. The summed E-state index contributed by atoms with van der Waals surface area (Å²) in [5.41, 5.74) is -0.763. The molecular formula is C12H10ClF4N3. The van der Waals surface area contributed by atoms with Gasteiger partial charge in [0.05, 0.1) is 5.57 Å². The van der Waals surface area contributed by atoms with Gasteiger partial charge in [-0.2, -0.15) is 13.2 Å². The zero-order valence-corrected chi connectivity index (χ0v) is 10.8. The molecule has 1 rings (SSSR count). The molecule has 0 aliphatic carbocycles. The summed E-state index contributed by atoms with van der Waals surface area (Å²) in [6.07, 6.45) is -4.05. The maximum absolute atomic E-state index is 12.9. The van der Waals surface area contributed by atoms with Crippen LogP contribution < -0.4 is 5.32 Å². The van der Waals surface area contributed by atoms with E-state index in [1.165, 1.54) is 18.2 Å². The Hall–Kier alpha value is -1.89. The van der Waals surface area contributed by atoms with Gasteiger partial charge in [0.1, 0.15) is 5.82 Å². The van der Waals surface area contributed by atoms with Crippen LogP contribution in [-0.4, -0.2) is 24.7 Å². The number of benzene rings is 1. The first-order valence-electron chi connectivity index (χ1n) is 5.28. The van der Waals surface area contributed by atoms with E-state index in [4.69, 9.17) is 11.6 Å². The summed E-state index contributed by atoms with van der Waals surface area (Å²) in [4.78, 5) is 6.45. The predicted molar refractivity (Wildman–Crippen MR) is 71.9 cm³/mol. The van der Waals surface area contributed by atoms with Crippen molar-refractivity contribution in [1.29, 1.82) is 0 Å². The molecule has 3 nitrogen and oxygen atoms in total. The van der Waals surface area contributed by atoms with E-state index in [2.05, 4.69) is 22.0 Å². The van der Waals surface area contributed by atoms with Crippen LogP contribution in [0.1, 0.15) is 0 Å². The van der Waals surface area contributed by atoms with Crippen LogP contribution in [0, 0.1) is 5.82 Å². The highest BCUT2D eigenvalue weighted by molar-refractivity contribution is 6.65. The minimum atomic E-state index is -4.60. The highest BCUT2D eigenvalue weighted by atomic mass is 35.5. The summed E-state index contributed by atoms with van der Waals surface area (Å²) in [6.45, 7) is 2.44. The van der Waals surface area contributed by atoms with Gasteiger partial charge in [-0.3, -0.25) is 0 Å². The normalized spacial score (nSPS) is 13.2. The molecule has 0 heterocycles. The van der Waals surface area contributed by atoms with E-state index >= 15 is 0 Å². The van der Waals surface area contributed by atoms with Crippen molar-refractivity contribution in [3.05, 3.63) is 41.9 Å². The van der Waals surface area contributed by atoms with Crippen molar-refractivity contribution in [1.82, 2.24) is 0 Å². The molecule has 0 aliphatic rings. The van der Waals surface area contributed by atoms with E-state index < -0.39 is 29.4 Å². The molecule has 0 unspecified atom stereocenters. The Balaban J connectivity index is 2.84. The quantitative estimate of drug-likeness (QED) is 0.388. The summed E-state index contributed by atoms with van der Waals surface area (Å²) >= 11 is 5.34. The van der Waals surface area contributed by atoms with Gasteiger partial charge in [0.15, 0.2) is 0 Å².